The van der Waals surface area contributed by atoms with Crippen molar-refractivity contribution in [2.24, 2.45) is 5.92 Å². The average molecular weight is 646 g/mol. The quantitative estimate of drug-likeness (QED) is 0.318. The van der Waals surface area contributed by atoms with Crippen molar-refractivity contribution in [3.63, 3.8) is 0 Å². The van der Waals surface area contributed by atoms with E-state index >= 15 is 0 Å². The number of rotatable bonds is 5. The van der Waals surface area contributed by atoms with Gasteiger partial charge in [-0.25, -0.2) is 0 Å². The number of ether oxygens (including phenoxy) is 1. The molecule has 2 N–H and O–H groups in total. The SMILES string of the molecule is CC(C)(C(=O)Nc1ccc(C#N)c2c1CCC2)n1cc(C#CC2CN(c3ccc4c(c3)C(=O)N(C3CCC(=O)NCOC3)C4=O)C2)cn1. The number of aromatic nitrogens is 2. The lowest BCUT2D eigenvalue weighted by molar-refractivity contribution is -0.125. The fourth-order valence-electron chi connectivity index (χ4n) is 6.74. The van der Waals surface area contributed by atoms with Crippen LogP contribution < -0.4 is 15.5 Å². The van der Waals surface area contributed by atoms with Gasteiger partial charge in [0.1, 0.15) is 12.3 Å². The van der Waals surface area contributed by atoms with Crippen LogP contribution in [0, 0.1) is 29.1 Å². The van der Waals surface area contributed by atoms with Crippen molar-refractivity contribution < 1.29 is 23.9 Å². The Bertz CT molecular complexity index is 1960. The van der Waals surface area contributed by atoms with Gasteiger partial charge in [0.05, 0.1) is 53.1 Å². The fraction of sp³-hybridized carbons (Fsp3) is 0.389. The number of nitrogens with one attached hydrogen (secondary N) is 2. The van der Waals surface area contributed by atoms with Crippen LogP contribution in [0.25, 0.3) is 0 Å². The van der Waals surface area contributed by atoms with Gasteiger partial charge in [-0.2, -0.15) is 10.4 Å². The first kappa shape index (κ1) is 31.2. The molecule has 1 atom stereocenters. The Morgan fingerprint density at radius 1 is 1.06 bits per heavy atom. The summed E-state index contributed by atoms with van der Waals surface area (Å²) in [5, 5.41) is 19.6. The Hall–Kier alpha value is -5.46. The second-order valence-corrected chi connectivity index (χ2v) is 13.2. The van der Waals surface area contributed by atoms with Crippen LogP contribution in [-0.4, -0.2) is 70.8 Å². The molecule has 4 amide bonds. The van der Waals surface area contributed by atoms with Crippen molar-refractivity contribution in [3.05, 3.63) is 76.1 Å². The minimum absolute atomic E-state index is 0.0570. The summed E-state index contributed by atoms with van der Waals surface area (Å²) in [4.78, 5) is 55.1. The van der Waals surface area contributed by atoms with Crippen LogP contribution in [0.5, 0.6) is 0 Å². The van der Waals surface area contributed by atoms with Gasteiger partial charge in [0.2, 0.25) is 5.91 Å². The molecular formula is C36H35N7O5. The van der Waals surface area contributed by atoms with Crippen molar-refractivity contribution >= 4 is 35.0 Å². The van der Waals surface area contributed by atoms with Crippen LogP contribution in [0.2, 0.25) is 0 Å². The third kappa shape index (κ3) is 5.58. The van der Waals surface area contributed by atoms with Gasteiger partial charge < -0.3 is 20.3 Å². The van der Waals surface area contributed by atoms with Crippen LogP contribution in [0.4, 0.5) is 11.4 Å². The number of imide groups is 1. The zero-order chi connectivity index (χ0) is 33.6. The van der Waals surface area contributed by atoms with Crippen LogP contribution >= 0.6 is 0 Å². The van der Waals surface area contributed by atoms with Gasteiger partial charge in [-0.15, -0.1) is 0 Å². The van der Waals surface area contributed by atoms with Crippen molar-refractivity contribution in [1.82, 2.24) is 20.0 Å². The van der Waals surface area contributed by atoms with E-state index in [1.54, 1.807) is 49.1 Å². The number of amides is 4. The molecule has 244 valence electrons. The summed E-state index contributed by atoms with van der Waals surface area (Å²) in [5.74, 6) is 5.48. The monoisotopic (exact) mass is 645 g/mol. The molecule has 4 aliphatic rings. The maximum Gasteiger partial charge on any atom is 0.261 e. The number of benzene rings is 2. The molecular weight excluding hydrogens is 610 g/mol. The van der Waals surface area contributed by atoms with Gasteiger partial charge >= 0.3 is 0 Å². The van der Waals surface area contributed by atoms with Crippen molar-refractivity contribution in [2.45, 2.75) is 57.5 Å². The summed E-state index contributed by atoms with van der Waals surface area (Å²) in [6, 6.07) is 10.6. The van der Waals surface area contributed by atoms with Crippen LogP contribution in [0.3, 0.4) is 0 Å². The molecule has 1 aliphatic carbocycles. The number of nitrogens with zero attached hydrogens (tertiary/aromatic N) is 5. The predicted octanol–water partition coefficient (Wildman–Crippen LogP) is 2.95. The van der Waals surface area contributed by atoms with E-state index in [9.17, 15) is 24.4 Å². The van der Waals surface area contributed by atoms with Crippen LogP contribution in [0.15, 0.2) is 42.7 Å². The summed E-state index contributed by atoms with van der Waals surface area (Å²) in [5.41, 5.74) is 4.78. The normalized spacial score (nSPS) is 19.3. The number of carbonyl (C=O) groups is 4. The molecule has 12 nitrogen and oxygen atoms in total. The summed E-state index contributed by atoms with van der Waals surface area (Å²) >= 11 is 0. The first-order chi connectivity index (χ1) is 23.1. The van der Waals surface area contributed by atoms with E-state index in [0.29, 0.717) is 41.8 Å². The highest BCUT2D eigenvalue weighted by molar-refractivity contribution is 6.22. The van der Waals surface area contributed by atoms with Gasteiger partial charge in [0, 0.05) is 37.1 Å². The molecule has 7 rings (SSSR count). The summed E-state index contributed by atoms with van der Waals surface area (Å²) < 4.78 is 7.08. The fourth-order valence-corrected chi connectivity index (χ4v) is 6.74. The molecule has 0 saturated carbocycles. The van der Waals surface area contributed by atoms with Gasteiger partial charge in [-0.3, -0.25) is 28.8 Å². The molecule has 3 aliphatic heterocycles. The molecule has 0 radical (unpaired) electrons. The van der Waals surface area contributed by atoms with E-state index < -0.39 is 11.6 Å². The second kappa shape index (κ2) is 12.3. The smallest absolute Gasteiger partial charge is 0.261 e. The van der Waals surface area contributed by atoms with Crippen molar-refractivity contribution in [3.8, 4) is 17.9 Å². The Balaban J connectivity index is 0.970. The lowest BCUT2D eigenvalue weighted by atomic mass is 9.98. The zero-order valence-corrected chi connectivity index (χ0v) is 26.8. The Kier molecular flexibility index (Phi) is 7.98. The maximum absolute atomic E-state index is 13.4. The average Bonchev–Trinajstić information content (AvgIpc) is 3.79. The molecule has 2 fully saturated rings. The highest BCUT2D eigenvalue weighted by Crippen LogP contribution is 2.34. The van der Waals surface area contributed by atoms with Crippen LogP contribution in [-0.2, 0) is 32.7 Å². The molecule has 1 aromatic heterocycles. The Labute approximate surface area is 278 Å². The summed E-state index contributed by atoms with van der Waals surface area (Å²) in [7, 11) is 0. The number of carbonyl (C=O) groups excluding carboxylic acids is 4. The summed E-state index contributed by atoms with van der Waals surface area (Å²) in [6.45, 7) is 5.17. The van der Waals surface area contributed by atoms with Gasteiger partial charge in [0.25, 0.3) is 17.7 Å². The summed E-state index contributed by atoms with van der Waals surface area (Å²) in [6.07, 6.45) is 6.64. The molecule has 2 aromatic carbocycles. The highest BCUT2D eigenvalue weighted by atomic mass is 16.5. The van der Waals surface area contributed by atoms with Crippen LogP contribution in [0.1, 0.15) is 76.1 Å². The Morgan fingerprint density at radius 2 is 1.85 bits per heavy atom. The van der Waals surface area contributed by atoms with Crippen molar-refractivity contribution in [1.29, 1.82) is 5.26 Å². The van der Waals surface area contributed by atoms with E-state index in [2.05, 4.69) is 38.5 Å². The van der Waals surface area contributed by atoms with E-state index in [4.69, 9.17) is 4.74 Å². The third-order valence-electron chi connectivity index (χ3n) is 9.68. The van der Waals surface area contributed by atoms with Gasteiger partial charge in [0.15, 0.2) is 0 Å². The molecule has 48 heavy (non-hydrogen) atoms. The standard InChI is InChI=1S/C36H35N7O5/c1-36(2,35(47)40-31-12-8-24(15-37)27-4-3-5-28(27)31)42-19-22(16-39-42)6-7-23-17-41(18-23)25-9-11-29-30(14-25)34(46)43(33(29)45)26-10-13-32(44)38-21-48-20-26/h8-9,11-12,14,16,19,23,26H,3-5,10,13,17-18,20-21H2,1-2H3,(H,38,44)(H,40,47). The molecule has 2 saturated heterocycles. The number of fused-ring (bicyclic) bond motifs is 2. The first-order valence-electron chi connectivity index (χ1n) is 16.2. The molecule has 3 aromatic rings. The maximum atomic E-state index is 13.4. The lowest BCUT2D eigenvalue weighted by Gasteiger charge is -2.38. The minimum atomic E-state index is -0.980. The molecule has 4 heterocycles. The number of anilines is 2. The van der Waals surface area contributed by atoms with Gasteiger partial charge in [-0.05, 0) is 81.0 Å². The van der Waals surface area contributed by atoms with E-state index in [0.717, 1.165) is 41.8 Å². The number of hydrogen-bond acceptors (Lipinski definition) is 8. The number of hydrogen-bond donors (Lipinski definition) is 2. The van der Waals surface area contributed by atoms with E-state index in [-0.39, 0.29) is 49.3 Å². The Morgan fingerprint density at radius 3 is 2.67 bits per heavy atom. The van der Waals surface area contributed by atoms with E-state index in [1.807, 2.05) is 12.1 Å². The second-order valence-electron chi connectivity index (χ2n) is 13.2. The third-order valence-corrected chi connectivity index (χ3v) is 9.68. The largest absolute Gasteiger partial charge is 0.369 e. The topological polar surface area (TPSA) is 150 Å². The van der Waals surface area contributed by atoms with Gasteiger partial charge in [-0.1, -0.05) is 11.8 Å². The molecule has 12 heteroatoms. The lowest BCUT2D eigenvalue weighted by Crippen LogP contribution is -2.46. The predicted molar refractivity (Wildman–Crippen MR) is 175 cm³/mol. The highest BCUT2D eigenvalue weighted by Gasteiger charge is 2.41. The van der Waals surface area contributed by atoms with Crippen molar-refractivity contribution in [2.75, 3.05) is 36.6 Å². The first-order valence-corrected chi connectivity index (χ1v) is 16.2. The molecule has 0 bridgehead atoms. The number of nitriles is 1. The van der Waals surface area contributed by atoms with E-state index in [1.165, 1.54) is 4.90 Å². The minimum Gasteiger partial charge on any atom is -0.369 e. The molecule has 1 unspecified atom stereocenters. The zero-order valence-electron chi connectivity index (χ0n) is 26.8. The molecule has 0 spiro atoms.